The van der Waals surface area contributed by atoms with Crippen LogP contribution in [0.1, 0.15) is 37.6 Å². The molecule has 3 rings (SSSR count). The Bertz CT molecular complexity index is 544. The summed E-state index contributed by atoms with van der Waals surface area (Å²) >= 11 is 3.52. The van der Waals surface area contributed by atoms with E-state index in [0.717, 1.165) is 22.5 Å². The van der Waals surface area contributed by atoms with E-state index in [9.17, 15) is 0 Å². The van der Waals surface area contributed by atoms with Gasteiger partial charge in [-0.3, -0.25) is 0 Å². The van der Waals surface area contributed by atoms with Gasteiger partial charge >= 0.3 is 0 Å². The van der Waals surface area contributed by atoms with Crippen LogP contribution < -0.4 is 0 Å². The molecule has 2 unspecified atom stereocenters. The van der Waals surface area contributed by atoms with Crippen molar-refractivity contribution in [2.24, 2.45) is 5.92 Å². The van der Waals surface area contributed by atoms with E-state index >= 15 is 0 Å². The highest BCUT2D eigenvalue weighted by molar-refractivity contribution is 9.10. The van der Waals surface area contributed by atoms with Crippen LogP contribution in [0.3, 0.4) is 0 Å². The highest BCUT2D eigenvalue weighted by Gasteiger charge is 2.27. The lowest BCUT2D eigenvalue weighted by Crippen LogP contribution is -2.16. The highest BCUT2D eigenvalue weighted by atomic mass is 79.9. The standard InChI is InChI=1S/C13H15BrN2/c1-8-3-5-11-13(9(8)2)15-12-6-4-10(14)7-16(11)12/h4,6-9H,3,5H2,1-2H3. The van der Waals surface area contributed by atoms with Gasteiger partial charge in [-0.1, -0.05) is 13.8 Å². The van der Waals surface area contributed by atoms with Crippen LogP contribution >= 0.6 is 15.9 Å². The van der Waals surface area contributed by atoms with Crippen LogP contribution in [0.15, 0.2) is 22.8 Å². The van der Waals surface area contributed by atoms with Gasteiger partial charge in [0.2, 0.25) is 0 Å². The fraction of sp³-hybridized carbons (Fsp3) is 0.462. The number of hydrogen-bond acceptors (Lipinski definition) is 1. The molecule has 2 nitrogen and oxygen atoms in total. The Morgan fingerprint density at radius 1 is 1.38 bits per heavy atom. The van der Waals surface area contributed by atoms with Crippen molar-refractivity contribution in [2.45, 2.75) is 32.6 Å². The highest BCUT2D eigenvalue weighted by Crippen LogP contribution is 2.35. The largest absolute Gasteiger partial charge is 0.303 e. The average Bonchev–Trinajstić information content (AvgIpc) is 2.62. The second kappa shape index (κ2) is 3.59. The lowest BCUT2D eigenvalue weighted by Gasteiger charge is -2.24. The van der Waals surface area contributed by atoms with Gasteiger partial charge < -0.3 is 4.40 Å². The number of aromatic nitrogens is 2. The summed E-state index contributed by atoms with van der Waals surface area (Å²) in [5.74, 6) is 1.34. The Hall–Kier alpha value is -0.830. The normalized spacial score (nSPS) is 24.7. The molecule has 1 aliphatic carbocycles. The molecule has 2 aromatic rings. The maximum Gasteiger partial charge on any atom is 0.137 e. The molecule has 3 heteroatoms. The van der Waals surface area contributed by atoms with E-state index in [1.165, 1.54) is 17.8 Å². The maximum absolute atomic E-state index is 4.77. The zero-order valence-corrected chi connectivity index (χ0v) is 11.2. The molecular formula is C13H15BrN2. The molecular weight excluding hydrogens is 264 g/mol. The van der Waals surface area contributed by atoms with Gasteiger partial charge in [0.15, 0.2) is 0 Å². The Morgan fingerprint density at radius 3 is 3.00 bits per heavy atom. The molecule has 0 spiro atoms. The SMILES string of the molecule is CC1CCc2c(nc3ccc(Br)cn23)C1C. The van der Waals surface area contributed by atoms with Crippen molar-refractivity contribution in [3.8, 4) is 0 Å². The molecule has 1 aliphatic rings. The van der Waals surface area contributed by atoms with Crippen LogP contribution in [0.5, 0.6) is 0 Å². The fourth-order valence-electron chi connectivity index (χ4n) is 2.58. The van der Waals surface area contributed by atoms with Gasteiger partial charge in [0, 0.05) is 22.3 Å². The number of fused-ring (bicyclic) bond motifs is 3. The maximum atomic E-state index is 4.77. The first-order chi connectivity index (χ1) is 7.66. The summed E-state index contributed by atoms with van der Waals surface area (Å²) in [5, 5.41) is 0. The van der Waals surface area contributed by atoms with Crippen LogP contribution in [-0.2, 0) is 6.42 Å². The van der Waals surface area contributed by atoms with Crippen molar-refractivity contribution in [3.63, 3.8) is 0 Å². The Balaban J connectivity index is 2.26. The number of rotatable bonds is 0. The molecule has 0 bridgehead atoms. The van der Waals surface area contributed by atoms with E-state index in [4.69, 9.17) is 4.98 Å². The zero-order valence-electron chi connectivity index (χ0n) is 9.57. The molecule has 0 saturated heterocycles. The third kappa shape index (κ3) is 1.41. The lowest BCUT2D eigenvalue weighted by molar-refractivity contribution is 0.415. The first-order valence-electron chi connectivity index (χ1n) is 5.83. The molecule has 2 heterocycles. The summed E-state index contributed by atoms with van der Waals surface area (Å²) in [6, 6.07) is 4.14. The number of pyridine rings is 1. The van der Waals surface area contributed by atoms with Crippen molar-refractivity contribution >= 4 is 21.6 Å². The Morgan fingerprint density at radius 2 is 2.19 bits per heavy atom. The van der Waals surface area contributed by atoms with Crippen LogP contribution in [0.4, 0.5) is 0 Å². The summed E-state index contributed by atoms with van der Waals surface area (Å²) in [5.41, 5.74) is 3.79. The number of aryl methyl sites for hydroxylation is 1. The molecule has 16 heavy (non-hydrogen) atoms. The molecule has 0 radical (unpaired) electrons. The van der Waals surface area contributed by atoms with Gasteiger partial charge in [-0.05, 0) is 46.8 Å². The van der Waals surface area contributed by atoms with Crippen LogP contribution in [0.25, 0.3) is 5.65 Å². The molecule has 0 amide bonds. The smallest absolute Gasteiger partial charge is 0.137 e. The number of hydrogen-bond donors (Lipinski definition) is 0. The number of halogens is 1. The topological polar surface area (TPSA) is 17.3 Å². The number of nitrogens with zero attached hydrogens (tertiary/aromatic N) is 2. The van der Waals surface area contributed by atoms with E-state index in [-0.39, 0.29) is 0 Å². The molecule has 0 fully saturated rings. The zero-order chi connectivity index (χ0) is 11.3. The van der Waals surface area contributed by atoms with E-state index in [1.54, 1.807) is 0 Å². The van der Waals surface area contributed by atoms with E-state index in [0.29, 0.717) is 5.92 Å². The van der Waals surface area contributed by atoms with Crippen molar-refractivity contribution in [2.75, 3.05) is 0 Å². The van der Waals surface area contributed by atoms with Crippen molar-refractivity contribution < 1.29 is 0 Å². The van der Waals surface area contributed by atoms with Crippen molar-refractivity contribution in [1.82, 2.24) is 9.38 Å². The predicted octanol–water partition coefficient (Wildman–Crippen LogP) is 3.78. The summed E-state index contributed by atoms with van der Waals surface area (Å²) in [4.78, 5) is 4.77. The summed E-state index contributed by atoms with van der Waals surface area (Å²) in [6.45, 7) is 4.62. The minimum absolute atomic E-state index is 0.586. The monoisotopic (exact) mass is 278 g/mol. The molecule has 84 valence electrons. The van der Waals surface area contributed by atoms with Gasteiger partial charge in [0.05, 0.1) is 5.69 Å². The third-order valence-corrected chi connectivity index (χ3v) is 4.30. The van der Waals surface area contributed by atoms with E-state index < -0.39 is 0 Å². The molecule has 2 aromatic heterocycles. The quantitative estimate of drug-likeness (QED) is 0.717. The van der Waals surface area contributed by atoms with Gasteiger partial charge in [0.25, 0.3) is 0 Å². The second-order valence-corrected chi connectivity index (χ2v) is 5.74. The second-order valence-electron chi connectivity index (χ2n) is 4.82. The molecule has 0 aromatic carbocycles. The number of imidazole rings is 1. The predicted molar refractivity (Wildman–Crippen MR) is 68.8 cm³/mol. The van der Waals surface area contributed by atoms with Gasteiger partial charge in [0.1, 0.15) is 5.65 Å². The first kappa shape index (κ1) is 10.3. The van der Waals surface area contributed by atoms with Gasteiger partial charge in [-0.25, -0.2) is 4.98 Å². The Kier molecular flexibility index (Phi) is 2.32. The minimum Gasteiger partial charge on any atom is -0.303 e. The van der Waals surface area contributed by atoms with Crippen LogP contribution in [0, 0.1) is 5.92 Å². The van der Waals surface area contributed by atoms with E-state index in [2.05, 4.69) is 52.5 Å². The first-order valence-corrected chi connectivity index (χ1v) is 6.62. The summed E-state index contributed by atoms with van der Waals surface area (Å²) in [6.07, 6.45) is 4.55. The van der Waals surface area contributed by atoms with Gasteiger partial charge in [-0.15, -0.1) is 0 Å². The molecule has 0 N–H and O–H groups in total. The summed E-state index contributed by atoms with van der Waals surface area (Å²) < 4.78 is 3.36. The molecule has 0 saturated carbocycles. The average molecular weight is 279 g/mol. The third-order valence-electron chi connectivity index (χ3n) is 3.83. The molecule has 2 atom stereocenters. The molecule has 0 aliphatic heterocycles. The van der Waals surface area contributed by atoms with Gasteiger partial charge in [-0.2, -0.15) is 0 Å². The summed E-state index contributed by atoms with van der Waals surface area (Å²) in [7, 11) is 0. The van der Waals surface area contributed by atoms with Crippen molar-refractivity contribution in [1.29, 1.82) is 0 Å². The van der Waals surface area contributed by atoms with E-state index in [1.807, 2.05) is 0 Å². The lowest BCUT2D eigenvalue weighted by atomic mass is 9.82. The fourth-order valence-corrected chi connectivity index (χ4v) is 2.92. The van der Waals surface area contributed by atoms with Crippen molar-refractivity contribution in [3.05, 3.63) is 34.2 Å². The minimum atomic E-state index is 0.586. The van der Waals surface area contributed by atoms with Crippen LogP contribution in [-0.4, -0.2) is 9.38 Å². The van der Waals surface area contributed by atoms with Crippen LogP contribution in [0.2, 0.25) is 0 Å². The Labute approximate surface area is 104 Å².